The lowest BCUT2D eigenvalue weighted by Gasteiger charge is -2.11. The number of halogens is 2. The highest BCUT2D eigenvalue weighted by atomic mass is 79.9. The van der Waals surface area contributed by atoms with Crippen LogP contribution in [0.4, 0.5) is 0 Å². The molecule has 0 radical (unpaired) electrons. The highest BCUT2D eigenvalue weighted by Gasteiger charge is 2.18. The van der Waals surface area contributed by atoms with Gasteiger partial charge in [0.1, 0.15) is 5.75 Å². The van der Waals surface area contributed by atoms with Crippen molar-refractivity contribution in [2.45, 2.75) is 0 Å². The minimum Gasteiger partial charge on any atom is -0.507 e. The number of nitrogens with zero attached hydrogens (tertiary/aromatic N) is 3. The van der Waals surface area contributed by atoms with Crippen LogP contribution in [0, 0.1) is 0 Å². The predicted octanol–water partition coefficient (Wildman–Crippen LogP) is 4.45. The Morgan fingerprint density at radius 2 is 2.03 bits per heavy atom. The van der Waals surface area contributed by atoms with E-state index in [9.17, 15) is 9.90 Å². The van der Waals surface area contributed by atoms with Gasteiger partial charge in [-0.2, -0.15) is 10.2 Å². The summed E-state index contributed by atoms with van der Waals surface area (Å²) in [7, 11) is 0. The molecule has 0 atom stereocenters. The van der Waals surface area contributed by atoms with Gasteiger partial charge in [-0.3, -0.25) is 5.43 Å². The first-order chi connectivity index (χ1) is 14.0. The summed E-state index contributed by atoms with van der Waals surface area (Å²) in [6.07, 6.45) is 1.49. The van der Waals surface area contributed by atoms with Crippen LogP contribution in [0.2, 0.25) is 0 Å². The molecule has 3 aromatic rings. The summed E-state index contributed by atoms with van der Waals surface area (Å²) < 4.78 is 7.02. The van der Waals surface area contributed by atoms with Crippen molar-refractivity contribution in [3.63, 3.8) is 0 Å². The van der Waals surface area contributed by atoms with Crippen molar-refractivity contribution in [1.29, 1.82) is 0 Å². The molecule has 29 heavy (non-hydrogen) atoms. The molecule has 1 aromatic heterocycles. The average Bonchev–Trinajstić information content (AvgIpc) is 2.70. The van der Waals surface area contributed by atoms with Gasteiger partial charge in [-0.05, 0) is 46.3 Å². The third kappa shape index (κ3) is 4.44. The van der Waals surface area contributed by atoms with Crippen LogP contribution in [0.15, 0.2) is 75.9 Å². The number of amidine groups is 1. The Morgan fingerprint density at radius 1 is 1.21 bits per heavy atom. The van der Waals surface area contributed by atoms with Crippen molar-refractivity contribution in [3.05, 3.63) is 73.0 Å². The van der Waals surface area contributed by atoms with Crippen LogP contribution in [0.25, 0.3) is 11.0 Å². The van der Waals surface area contributed by atoms with Gasteiger partial charge in [0.05, 0.1) is 22.0 Å². The highest BCUT2D eigenvalue weighted by molar-refractivity contribution is 9.11. The van der Waals surface area contributed by atoms with Crippen LogP contribution in [-0.2, 0) is 0 Å². The van der Waals surface area contributed by atoms with Crippen molar-refractivity contribution in [1.82, 2.24) is 5.43 Å². The smallest absolute Gasteiger partial charge is 0.345 e. The largest absolute Gasteiger partial charge is 0.507 e. The fraction of sp³-hybridized carbons (Fsp3) is 0.0526. The van der Waals surface area contributed by atoms with Crippen LogP contribution in [0.3, 0.4) is 0 Å². The Bertz CT molecular complexity index is 1250. The van der Waals surface area contributed by atoms with E-state index in [1.54, 1.807) is 30.3 Å². The van der Waals surface area contributed by atoms with Crippen LogP contribution in [-0.4, -0.2) is 28.0 Å². The zero-order valence-corrected chi connectivity index (χ0v) is 18.6. The van der Waals surface area contributed by atoms with E-state index in [4.69, 9.17) is 4.42 Å². The van der Waals surface area contributed by atoms with Crippen molar-refractivity contribution >= 4 is 71.7 Å². The van der Waals surface area contributed by atoms with E-state index in [0.717, 1.165) is 9.86 Å². The Hall–Kier alpha value is -2.43. The van der Waals surface area contributed by atoms with Crippen LogP contribution >= 0.6 is 43.6 Å². The summed E-state index contributed by atoms with van der Waals surface area (Å²) in [5, 5.41) is 23.3. The number of phenolic OH excluding ortho intramolecular Hbond substituents is 1. The van der Waals surface area contributed by atoms with Crippen molar-refractivity contribution < 1.29 is 9.52 Å². The second-order valence-electron chi connectivity index (χ2n) is 5.92. The third-order valence-corrected chi connectivity index (χ3v) is 5.88. The third-order valence-electron chi connectivity index (χ3n) is 3.97. The molecule has 7 nitrogen and oxygen atoms in total. The molecule has 0 unspecified atom stereocenters. The molecule has 0 aliphatic carbocycles. The number of phenols is 1. The number of fused-ring (bicyclic) bond motifs is 1. The van der Waals surface area contributed by atoms with E-state index in [2.05, 4.69) is 52.6 Å². The molecular formula is C19H12Br2N4O3S. The lowest BCUT2D eigenvalue weighted by molar-refractivity contribution is 0.474. The van der Waals surface area contributed by atoms with Gasteiger partial charge in [0.25, 0.3) is 0 Å². The van der Waals surface area contributed by atoms with Crippen molar-refractivity contribution in [2.24, 2.45) is 15.3 Å². The molecule has 0 fully saturated rings. The van der Waals surface area contributed by atoms with Gasteiger partial charge in [0.15, 0.2) is 5.58 Å². The molecule has 146 valence electrons. The number of thioether (sulfide) groups is 1. The first kappa shape index (κ1) is 19.9. The maximum Gasteiger partial charge on any atom is 0.345 e. The number of hydrazone groups is 1. The fourth-order valence-electron chi connectivity index (χ4n) is 2.60. The molecule has 2 heterocycles. The van der Waals surface area contributed by atoms with E-state index in [1.165, 1.54) is 18.0 Å². The van der Waals surface area contributed by atoms with Gasteiger partial charge in [-0.25, -0.2) is 4.79 Å². The zero-order chi connectivity index (χ0) is 20.4. The lowest BCUT2D eigenvalue weighted by atomic mass is 10.1. The van der Waals surface area contributed by atoms with Crippen LogP contribution < -0.4 is 11.1 Å². The van der Waals surface area contributed by atoms with Gasteiger partial charge in [-0.1, -0.05) is 39.8 Å². The monoisotopic (exact) mass is 534 g/mol. The van der Waals surface area contributed by atoms with Crippen molar-refractivity contribution in [2.75, 3.05) is 5.75 Å². The summed E-state index contributed by atoms with van der Waals surface area (Å²) in [6.45, 7) is 0. The summed E-state index contributed by atoms with van der Waals surface area (Å²) in [5.74, 6) is 0.571. The Kier molecular flexibility index (Phi) is 5.84. The Balaban J connectivity index is 1.56. The quantitative estimate of drug-likeness (QED) is 0.293. The molecular weight excluding hydrogens is 524 g/mol. The summed E-state index contributed by atoms with van der Waals surface area (Å²) in [5.41, 5.74) is 4.27. The second kappa shape index (κ2) is 8.52. The van der Waals surface area contributed by atoms with Crippen molar-refractivity contribution in [3.8, 4) is 5.75 Å². The first-order valence-corrected chi connectivity index (χ1v) is 10.9. The first-order valence-electron chi connectivity index (χ1n) is 8.29. The number of benzene rings is 2. The SMILES string of the molecule is O=c1oc2c(Br)cc(Br)cc2cc1C1=NN=C(N/N=C/c2ccccc2O)SC1. The highest BCUT2D eigenvalue weighted by Crippen LogP contribution is 2.28. The fourth-order valence-corrected chi connectivity index (χ4v) is 4.64. The number of hydrogen-bond acceptors (Lipinski definition) is 8. The van der Waals surface area contributed by atoms with Gasteiger partial charge in [0, 0.05) is 21.2 Å². The van der Waals surface area contributed by atoms with E-state index < -0.39 is 5.63 Å². The molecule has 0 spiro atoms. The van der Waals surface area contributed by atoms with E-state index in [1.807, 2.05) is 12.1 Å². The molecule has 0 saturated carbocycles. The van der Waals surface area contributed by atoms with E-state index in [-0.39, 0.29) is 5.75 Å². The minimum atomic E-state index is -0.468. The maximum absolute atomic E-state index is 12.4. The summed E-state index contributed by atoms with van der Waals surface area (Å²) in [6, 6.07) is 12.3. The number of rotatable bonds is 3. The van der Waals surface area contributed by atoms with Gasteiger partial charge in [0.2, 0.25) is 5.17 Å². The molecule has 0 bridgehead atoms. The molecule has 1 aliphatic rings. The molecule has 4 rings (SSSR count). The standard InChI is InChI=1S/C19H12Br2N4O3S/c20-12-5-11-6-13(18(27)28-17(11)14(21)7-12)15-9-29-19(25-23-15)24-22-8-10-3-1-2-4-16(10)26/h1-8,26H,9H2,(H,24,25)/b22-8+. The predicted molar refractivity (Wildman–Crippen MR) is 123 cm³/mol. The summed E-state index contributed by atoms with van der Waals surface area (Å²) >= 11 is 8.19. The number of hydrogen-bond donors (Lipinski definition) is 2. The maximum atomic E-state index is 12.4. The Labute approximate surface area is 185 Å². The van der Waals surface area contributed by atoms with Gasteiger partial charge >= 0.3 is 5.63 Å². The molecule has 2 aromatic carbocycles. The molecule has 0 saturated heterocycles. The van der Waals surface area contributed by atoms with Crippen LogP contribution in [0.5, 0.6) is 5.75 Å². The molecule has 0 amide bonds. The lowest BCUT2D eigenvalue weighted by Crippen LogP contribution is -2.23. The number of nitrogens with one attached hydrogen (secondary N) is 1. The van der Waals surface area contributed by atoms with Gasteiger partial charge < -0.3 is 9.52 Å². The van der Waals surface area contributed by atoms with Crippen LogP contribution in [0.1, 0.15) is 11.1 Å². The van der Waals surface area contributed by atoms with Gasteiger partial charge in [-0.15, -0.1) is 5.10 Å². The second-order valence-corrected chi connectivity index (χ2v) is 8.66. The van der Waals surface area contributed by atoms with E-state index in [0.29, 0.717) is 37.8 Å². The number of aromatic hydroxyl groups is 1. The molecule has 1 aliphatic heterocycles. The average molecular weight is 536 g/mol. The minimum absolute atomic E-state index is 0.137. The normalized spacial score (nSPS) is 14.1. The zero-order valence-electron chi connectivity index (χ0n) is 14.6. The number of para-hydroxylation sites is 1. The molecule has 2 N–H and O–H groups in total. The van der Waals surface area contributed by atoms with E-state index >= 15 is 0 Å². The topological polar surface area (TPSA) is 99.5 Å². The Morgan fingerprint density at radius 3 is 2.79 bits per heavy atom. The molecule has 10 heteroatoms. The summed E-state index contributed by atoms with van der Waals surface area (Å²) in [4.78, 5) is 12.4.